The van der Waals surface area contributed by atoms with Crippen LogP contribution in [0.2, 0.25) is 0 Å². The number of rotatable bonds is 4. The van der Waals surface area contributed by atoms with Crippen molar-refractivity contribution < 1.29 is 19.4 Å². The summed E-state index contributed by atoms with van der Waals surface area (Å²) in [5.74, 6) is -0.598. The van der Waals surface area contributed by atoms with Crippen LogP contribution < -0.4 is 10.2 Å². The van der Waals surface area contributed by atoms with Gasteiger partial charge in [0.2, 0.25) is 0 Å². The van der Waals surface area contributed by atoms with Crippen molar-refractivity contribution in [3.05, 3.63) is 58.7 Å². The van der Waals surface area contributed by atoms with Gasteiger partial charge in [-0.1, -0.05) is 6.07 Å². The van der Waals surface area contributed by atoms with E-state index in [-0.39, 0.29) is 12.0 Å². The van der Waals surface area contributed by atoms with Crippen LogP contribution >= 0.6 is 0 Å². The molecular formula is C22H26N2O4. The van der Waals surface area contributed by atoms with Gasteiger partial charge >= 0.3 is 5.97 Å². The Kier molecular flexibility index (Phi) is 5.99. The second-order valence-electron chi connectivity index (χ2n) is 7.20. The molecule has 2 N–H and O–H groups in total. The number of anilines is 2. The van der Waals surface area contributed by atoms with Gasteiger partial charge in [0.05, 0.1) is 18.8 Å². The molecule has 2 aromatic rings. The zero-order valence-electron chi connectivity index (χ0n) is 16.5. The van der Waals surface area contributed by atoms with E-state index in [1.54, 1.807) is 18.2 Å². The summed E-state index contributed by atoms with van der Waals surface area (Å²) in [6.07, 6.45) is 1.24. The average molecular weight is 382 g/mol. The zero-order chi connectivity index (χ0) is 20.3. The Balaban J connectivity index is 1.78. The van der Waals surface area contributed by atoms with E-state index in [4.69, 9.17) is 4.74 Å². The van der Waals surface area contributed by atoms with Gasteiger partial charge < -0.3 is 20.1 Å². The SMILES string of the molecule is COC(=O)c1cc(C)c(NC(=O)c2cccc(N3CCC(O)CC3)c2)c(C)c1. The molecule has 0 aliphatic carbocycles. The molecule has 0 radical (unpaired) electrons. The second kappa shape index (κ2) is 8.44. The number of nitrogens with one attached hydrogen (secondary N) is 1. The number of amides is 1. The molecule has 3 rings (SSSR count). The number of hydrogen-bond donors (Lipinski definition) is 2. The Bertz CT molecular complexity index is 863. The minimum atomic E-state index is -0.400. The van der Waals surface area contributed by atoms with E-state index in [1.807, 2.05) is 32.0 Å². The number of piperidine rings is 1. The highest BCUT2D eigenvalue weighted by atomic mass is 16.5. The van der Waals surface area contributed by atoms with Gasteiger partial charge in [-0.05, 0) is 68.1 Å². The van der Waals surface area contributed by atoms with Crippen LogP contribution in [0, 0.1) is 13.8 Å². The molecule has 6 nitrogen and oxygen atoms in total. The molecule has 0 spiro atoms. The maximum absolute atomic E-state index is 12.8. The van der Waals surface area contributed by atoms with Gasteiger partial charge in [0.15, 0.2) is 0 Å². The molecule has 28 heavy (non-hydrogen) atoms. The van der Waals surface area contributed by atoms with E-state index in [9.17, 15) is 14.7 Å². The van der Waals surface area contributed by atoms with Gasteiger partial charge in [-0.3, -0.25) is 4.79 Å². The van der Waals surface area contributed by atoms with E-state index in [0.29, 0.717) is 16.8 Å². The smallest absolute Gasteiger partial charge is 0.337 e. The summed E-state index contributed by atoms with van der Waals surface area (Å²) in [6, 6.07) is 10.9. The maximum atomic E-state index is 12.8. The molecule has 1 aliphatic rings. The van der Waals surface area contributed by atoms with Crippen LogP contribution in [0.4, 0.5) is 11.4 Å². The number of esters is 1. The van der Waals surface area contributed by atoms with Crippen LogP contribution in [0.3, 0.4) is 0 Å². The highest BCUT2D eigenvalue weighted by Crippen LogP contribution is 2.25. The molecule has 6 heteroatoms. The Morgan fingerprint density at radius 1 is 1.07 bits per heavy atom. The molecule has 1 heterocycles. The van der Waals surface area contributed by atoms with Crippen LogP contribution in [0.25, 0.3) is 0 Å². The summed E-state index contributed by atoms with van der Waals surface area (Å²) in [5.41, 5.74) is 4.31. The summed E-state index contributed by atoms with van der Waals surface area (Å²) in [4.78, 5) is 26.8. The molecule has 1 aliphatic heterocycles. The van der Waals surface area contributed by atoms with Crippen molar-refractivity contribution in [1.82, 2.24) is 0 Å². The third-order valence-corrected chi connectivity index (χ3v) is 5.13. The Labute approximate surface area is 165 Å². The largest absolute Gasteiger partial charge is 0.465 e. The molecular weight excluding hydrogens is 356 g/mol. The minimum Gasteiger partial charge on any atom is -0.465 e. The topological polar surface area (TPSA) is 78.9 Å². The molecule has 1 amide bonds. The lowest BCUT2D eigenvalue weighted by atomic mass is 10.0. The van der Waals surface area contributed by atoms with Gasteiger partial charge in [0, 0.05) is 30.0 Å². The second-order valence-corrected chi connectivity index (χ2v) is 7.20. The van der Waals surface area contributed by atoms with Gasteiger partial charge in [-0.2, -0.15) is 0 Å². The van der Waals surface area contributed by atoms with Crippen LogP contribution in [0.5, 0.6) is 0 Å². The predicted octanol–water partition coefficient (Wildman–Crippen LogP) is 3.30. The Morgan fingerprint density at radius 2 is 1.71 bits per heavy atom. The highest BCUT2D eigenvalue weighted by Gasteiger charge is 2.19. The predicted molar refractivity (Wildman–Crippen MR) is 109 cm³/mol. The summed E-state index contributed by atoms with van der Waals surface area (Å²) < 4.78 is 4.77. The van der Waals surface area contributed by atoms with Gasteiger partial charge in [-0.15, -0.1) is 0 Å². The summed E-state index contributed by atoms with van der Waals surface area (Å²) in [6.45, 7) is 5.26. The fourth-order valence-electron chi connectivity index (χ4n) is 3.55. The van der Waals surface area contributed by atoms with Crippen LogP contribution in [0.15, 0.2) is 36.4 Å². The van der Waals surface area contributed by atoms with E-state index < -0.39 is 5.97 Å². The van der Waals surface area contributed by atoms with E-state index in [1.165, 1.54) is 7.11 Å². The van der Waals surface area contributed by atoms with E-state index in [0.717, 1.165) is 42.7 Å². The maximum Gasteiger partial charge on any atom is 0.337 e. The van der Waals surface area contributed by atoms with Crippen molar-refractivity contribution in [2.75, 3.05) is 30.4 Å². The summed E-state index contributed by atoms with van der Waals surface area (Å²) in [7, 11) is 1.35. The molecule has 0 saturated carbocycles. The molecule has 2 aromatic carbocycles. The first-order valence-electron chi connectivity index (χ1n) is 9.43. The van der Waals surface area contributed by atoms with E-state index in [2.05, 4.69) is 10.2 Å². The summed E-state index contributed by atoms with van der Waals surface area (Å²) in [5, 5.41) is 12.6. The molecule has 1 saturated heterocycles. The lowest BCUT2D eigenvalue weighted by molar-refractivity contribution is 0.0600. The van der Waals surface area contributed by atoms with Crippen molar-refractivity contribution in [2.24, 2.45) is 0 Å². The van der Waals surface area contributed by atoms with Gasteiger partial charge in [0.1, 0.15) is 0 Å². The molecule has 0 aromatic heterocycles. The van der Waals surface area contributed by atoms with Crippen LogP contribution in [-0.4, -0.2) is 43.3 Å². The Hall–Kier alpha value is -2.86. The number of aliphatic hydroxyl groups is 1. The fourth-order valence-corrected chi connectivity index (χ4v) is 3.55. The van der Waals surface area contributed by atoms with E-state index >= 15 is 0 Å². The quantitative estimate of drug-likeness (QED) is 0.793. The standard InChI is InChI=1S/C22H26N2O4/c1-14-11-17(22(27)28-3)12-15(2)20(14)23-21(26)16-5-4-6-18(13-16)24-9-7-19(25)8-10-24/h4-6,11-13,19,25H,7-10H2,1-3H3,(H,23,26). The van der Waals surface area contributed by atoms with Crippen molar-refractivity contribution in [1.29, 1.82) is 0 Å². The first-order chi connectivity index (χ1) is 13.4. The lowest BCUT2D eigenvalue weighted by Gasteiger charge is -2.31. The normalized spacial score (nSPS) is 14.6. The van der Waals surface area contributed by atoms with Crippen molar-refractivity contribution >= 4 is 23.3 Å². The van der Waals surface area contributed by atoms with Crippen molar-refractivity contribution in [2.45, 2.75) is 32.8 Å². The number of carbonyl (C=O) groups is 2. The van der Waals surface area contributed by atoms with Crippen LogP contribution in [-0.2, 0) is 4.74 Å². The number of aryl methyl sites for hydroxylation is 2. The molecule has 0 unspecified atom stereocenters. The number of aliphatic hydroxyl groups excluding tert-OH is 1. The minimum absolute atomic E-state index is 0.198. The van der Waals surface area contributed by atoms with Gasteiger partial charge in [-0.25, -0.2) is 4.79 Å². The number of hydrogen-bond acceptors (Lipinski definition) is 5. The molecule has 0 atom stereocenters. The zero-order valence-corrected chi connectivity index (χ0v) is 16.5. The van der Waals surface area contributed by atoms with Crippen LogP contribution in [0.1, 0.15) is 44.7 Å². The number of ether oxygens (including phenoxy) is 1. The number of carbonyl (C=O) groups excluding carboxylic acids is 2. The summed E-state index contributed by atoms with van der Waals surface area (Å²) >= 11 is 0. The molecule has 1 fully saturated rings. The number of nitrogens with zero attached hydrogens (tertiary/aromatic N) is 1. The first-order valence-corrected chi connectivity index (χ1v) is 9.43. The third kappa shape index (κ3) is 4.34. The highest BCUT2D eigenvalue weighted by molar-refractivity contribution is 6.06. The van der Waals surface area contributed by atoms with Gasteiger partial charge in [0.25, 0.3) is 5.91 Å². The monoisotopic (exact) mass is 382 g/mol. The lowest BCUT2D eigenvalue weighted by Crippen LogP contribution is -2.35. The fraction of sp³-hybridized carbons (Fsp3) is 0.364. The number of benzene rings is 2. The van der Waals surface area contributed by atoms with Crippen molar-refractivity contribution in [3.8, 4) is 0 Å². The molecule has 0 bridgehead atoms. The average Bonchev–Trinajstić information content (AvgIpc) is 2.70. The first kappa shape index (κ1) is 19.9. The molecule has 148 valence electrons. The Morgan fingerprint density at radius 3 is 2.32 bits per heavy atom. The van der Waals surface area contributed by atoms with Crippen molar-refractivity contribution in [3.63, 3.8) is 0 Å². The number of methoxy groups -OCH3 is 1. The third-order valence-electron chi connectivity index (χ3n) is 5.13.